The Morgan fingerprint density at radius 1 is 1.03 bits per heavy atom. The van der Waals surface area contributed by atoms with Gasteiger partial charge in [-0.25, -0.2) is 22.7 Å². The second kappa shape index (κ2) is 12.3. The van der Waals surface area contributed by atoms with E-state index in [1.807, 2.05) is 0 Å². The van der Waals surface area contributed by atoms with Crippen molar-refractivity contribution in [1.29, 1.82) is 5.41 Å². The van der Waals surface area contributed by atoms with Crippen molar-refractivity contribution < 1.29 is 45.8 Å². The van der Waals surface area contributed by atoms with E-state index in [2.05, 4.69) is 10.0 Å². The molecule has 0 spiro atoms. The van der Waals surface area contributed by atoms with Crippen LogP contribution in [0.2, 0.25) is 0 Å². The monoisotopic (exact) mass is 546 g/mol. The number of sulfonamides is 1. The molecule has 0 aliphatic heterocycles. The number of nitrogens with two attached hydrogens (primary N) is 1. The van der Waals surface area contributed by atoms with E-state index >= 15 is 0 Å². The van der Waals surface area contributed by atoms with Crippen LogP contribution >= 0.6 is 0 Å². The Balaban J connectivity index is 0.000000856. The molecule has 0 saturated carbocycles. The number of alkyl halides is 3. The summed E-state index contributed by atoms with van der Waals surface area (Å²) in [5.41, 5.74) is 5.73. The summed E-state index contributed by atoms with van der Waals surface area (Å²) in [6, 6.07) is 11.6. The Morgan fingerprint density at radius 3 is 2.03 bits per heavy atom. The lowest BCUT2D eigenvalue weighted by Gasteiger charge is -2.19. The molecule has 0 heterocycles. The summed E-state index contributed by atoms with van der Waals surface area (Å²) < 4.78 is 63.9. The van der Waals surface area contributed by atoms with Gasteiger partial charge in [0.15, 0.2) is 0 Å². The van der Waals surface area contributed by atoms with Gasteiger partial charge < -0.3 is 20.9 Å². The molecule has 0 radical (unpaired) electrons. The summed E-state index contributed by atoms with van der Waals surface area (Å²) in [7, 11) is -3.96. The smallest absolute Gasteiger partial charge is 0.475 e. The molecule has 6 N–H and O–H groups in total. The van der Waals surface area contributed by atoms with Crippen LogP contribution in [-0.4, -0.2) is 55.5 Å². The zero-order chi connectivity index (χ0) is 28.6. The summed E-state index contributed by atoms with van der Waals surface area (Å²) in [5, 5.41) is 17.0. The minimum atomic E-state index is -5.08. The number of ether oxygens (including phenoxy) is 1. The minimum Gasteiger partial charge on any atom is -0.475 e. The first kappa shape index (κ1) is 31.1. The Hall–Kier alpha value is -3.98. The van der Waals surface area contributed by atoms with Gasteiger partial charge >= 0.3 is 18.1 Å². The highest BCUT2D eigenvalue weighted by Crippen LogP contribution is 2.15. The van der Waals surface area contributed by atoms with Crippen molar-refractivity contribution in [3.63, 3.8) is 0 Å². The standard InChI is InChI=1S/C20H24N4O5S.C2HF3O2/c1-20(2,3)29-19(26)13-7-9-15(10-8-13)24-17(25)12-23-30(27,28)16-6-4-5-14(11-16)18(21)22;3-2(4,5)1(6)7/h4-11,23H,12H2,1-3H3,(H3,21,22)(H,24,25);(H,6,7). The molecule has 0 atom stereocenters. The van der Waals surface area contributed by atoms with E-state index in [0.29, 0.717) is 11.3 Å². The molecular weight excluding hydrogens is 521 g/mol. The molecule has 11 nitrogen and oxygen atoms in total. The van der Waals surface area contributed by atoms with Crippen molar-refractivity contribution in [2.45, 2.75) is 37.4 Å². The molecule has 0 aliphatic rings. The lowest BCUT2D eigenvalue weighted by molar-refractivity contribution is -0.192. The van der Waals surface area contributed by atoms with Gasteiger partial charge in [-0.3, -0.25) is 10.2 Å². The fraction of sp³-hybridized carbons (Fsp3) is 0.273. The first-order valence-corrected chi connectivity index (χ1v) is 11.7. The number of benzene rings is 2. The number of nitrogen functional groups attached to an aromatic ring is 1. The summed E-state index contributed by atoms with van der Waals surface area (Å²) in [5.74, 6) is -4.10. The lowest BCUT2D eigenvalue weighted by Crippen LogP contribution is -2.33. The number of amides is 1. The number of anilines is 1. The van der Waals surface area contributed by atoms with Gasteiger partial charge in [-0.1, -0.05) is 12.1 Å². The quantitative estimate of drug-likeness (QED) is 0.199. The number of nitrogens with one attached hydrogen (secondary N) is 3. The molecule has 1 amide bonds. The topological polar surface area (TPSA) is 189 Å². The summed E-state index contributed by atoms with van der Waals surface area (Å²) >= 11 is 0. The van der Waals surface area contributed by atoms with Gasteiger partial charge in [-0.05, 0) is 57.2 Å². The summed E-state index contributed by atoms with van der Waals surface area (Å²) in [6.07, 6.45) is -5.08. The maximum Gasteiger partial charge on any atom is 0.490 e. The number of halogens is 3. The van der Waals surface area contributed by atoms with Crippen LogP contribution in [0.4, 0.5) is 18.9 Å². The van der Waals surface area contributed by atoms with E-state index in [-0.39, 0.29) is 16.3 Å². The third kappa shape index (κ3) is 11.1. The van der Waals surface area contributed by atoms with E-state index in [0.717, 1.165) is 0 Å². The number of hydrogen-bond donors (Lipinski definition) is 5. The molecular formula is C22H25F3N4O7S. The van der Waals surface area contributed by atoms with E-state index in [9.17, 15) is 31.2 Å². The van der Waals surface area contributed by atoms with Crippen LogP contribution in [0.5, 0.6) is 0 Å². The van der Waals surface area contributed by atoms with Gasteiger partial charge in [-0.2, -0.15) is 13.2 Å². The van der Waals surface area contributed by atoms with Crippen LogP contribution in [0.25, 0.3) is 0 Å². The van der Waals surface area contributed by atoms with Crippen molar-refractivity contribution in [3.8, 4) is 0 Å². The molecule has 0 fully saturated rings. The summed E-state index contributed by atoms with van der Waals surface area (Å²) in [4.78, 5) is 32.9. The normalized spacial score (nSPS) is 11.5. The van der Waals surface area contributed by atoms with Gasteiger partial charge in [0.25, 0.3) is 0 Å². The minimum absolute atomic E-state index is 0.107. The maximum atomic E-state index is 12.3. The third-order valence-electron chi connectivity index (χ3n) is 3.92. The molecule has 0 aliphatic carbocycles. The van der Waals surface area contributed by atoms with E-state index in [4.69, 9.17) is 25.8 Å². The fourth-order valence-electron chi connectivity index (χ4n) is 2.31. The Morgan fingerprint density at radius 2 is 1.57 bits per heavy atom. The first-order chi connectivity index (χ1) is 16.8. The lowest BCUT2D eigenvalue weighted by atomic mass is 10.1. The molecule has 202 valence electrons. The largest absolute Gasteiger partial charge is 0.490 e. The van der Waals surface area contributed by atoms with Gasteiger partial charge in [0.05, 0.1) is 17.0 Å². The number of carboxylic acids is 1. The van der Waals surface area contributed by atoms with Gasteiger partial charge in [-0.15, -0.1) is 0 Å². The van der Waals surface area contributed by atoms with Crippen LogP contribution in [0.15, 0.2) is 53.4 Å². The molecule has 15 heteroatoms. The van der Waals surface area contributed by atoms with E-state index in [1.165, 1.54) is 48.5 Å². The highest BCUT2D eigenvalue weighted by molar-refractivity contribution is 7.89. The number of amidine groups is 1. The second-order valence-corrected chi connectivity index (χ2v) is 9.96. The Bertz CT molecular complexity index is 1260. The van der Waals surface area contributed by atoms with Crippen molar-refractivity contribution in [1.82, 2.24) is 4.72 Å². The zero-order valence-electron chi connectivity index (χ0n) is 19.8. The molecule has 0 unspecified atom stereocenters. The second-order valence-electron chi connectivity index (χ2n) is 8.20. The highest BCUT2D eigenvalue weighted by Gasteiger charge is 2.38. The molecule has 2 aromatic carbocycles. The molecule has 0 saturated heterocycles. The van der Waals surface area contributed by atoms with Gasteiger partial charge in [0.1, 0.15) is 11.4 Å². The predicted molar refractivity (Wildman–Crippen MR) is 127 cm³/mol. The highest BCUT2D eigenvalue weighted by atomic mass is 32.2. The van der Waals surface area contributed by atoms with Crippen LogP contribution < -0.4 is 15.8 Å². The van der Waals surface area contributed by atoms with Crippen LogP contribution in [0.1, 0.15) is 36.7 Å². The number of carbonyl (C=O) groups excluding carboxylic acids is 2. The van der Waals surface area contributed by atoms with Crippen molar-refractivity contribution in [3.05, 3.63) is 59.7 Å². The van der Waals surface area contributed by atoms with Gasteiger partial charge in [0.2, 0.25) is 15.9 Å². The Labute approximate surface area is 210 Å². The van der Waals surface area contributed by atoms with Crippen molar-refractivity contribution in [2.24, 2.45) is 5.73 Å². The third-order valence-corrected chi connectivity index (χ3v) is 5.32. The number of rotatable bonds is 7. The average Bonchev–Trinajstić information content (AvgIpc) is 2.77. The molecule has 0 bridgehead atoms. The molecule has 0 aromatic heterocycles. The molecule has 2 aromatic rings. The summed E-state index contributed by atoms with van der Waals surface area (Å²) in [6.45, 7) is 4.78. The van der Waals surface area contributed by atoms with Gasteiger partial charge in [0, 0.05) is 11.3 Å². The van der Waals surface area contributed by atoms with E-state index < -0.39 is 46.2 Å². The number of aliphatic carboxylic acids is 1. The number of esters is 1. The fourth-order valence-corrected chi connectivity index (χ4v) is 3.33. The van der Waals surface area contributed by atoms with Crippen LogP contribution in [-0.2, 0) is 24.3 Å². The Kier molecular flexibility index (Phi) is 10.3. The first-order valence-electron chi connectivity index (χ1n) is 10.2. The average molecular weight is 547 g/mol. The predicted octanol–water partition coefficient (Wildman–Crippen LogP) is 2.48. The van der Waals surface area contributed by atoms with E-state index in [1.54, 1.807) is 20.8 Å². The van der Waals surface area contributed by atoms with Crippen LogP contribution in [0.3, 0.4) is 0 Å². The van der Waals surface area contributed by atoms with Crippen LogP contribution in [0, 0.1) is 5.41 Å². The number of carboxylic acid groups (broad SMARTS) is 1. The van der Waals surface area contributed by atoms with Crippen molar-refractivity contribution in [2.75, 3.05) is 11.9 Å². The number of carbonyl (C=O) groups is 3. The SMILES string of the molecule is CC(C)(C)OC(=O)c1ccc(NC(=O)CNS(=O)(=O)c2cccc(C(=N)N)c2)cc1.O=C(O)C(F)(F)F. The molecule has 37 heavy (non-hydrogen) atoms. The zero-order valence-corrected chi connectivity index (χ0v) is 20.7. The maximum absolute atomic E-state index is 12.3. The number of hydrogen-bond acceptors (Lipinski definition) is 7. The molecule has 2 rings (SSSR count). The van der Waals surface area contributed by atoms with Crippen molar-refractivity contribution >= 4 is 39.4 Å².